The van der Waals surface area contributed by atoms with Crippen molar-refractivity contribution in [3.05, 3.63) is 75.1 Å². The average Bonchev–Trinajstić information content (AvgIpc) is 2.72. The number of ketones is 1. The number of aryl methyl sites for hydroxylation is 1. The monoisotopic (exact) mass is 397 g/mol. The van der Waals surface area contributed by atoms with Gasteiger partial charge in [0.25, 0.3) is 5.69 Å². The van der Waals surface area contributed by atoms with Crippen molar-refractivity contribution in [2.75, 3.05) is 37.6 Å². The van der Waals surface area contributed by atoms with Crippen LogP contribution >= 0.6 is 0 Å². The van der Waals surface area contributed by atoms with Gasteiger partial charge in [0.15, 0.2) is 5.78 Å². The van der Waals surface area contributed by atoms with E-state index >= 15 is 0 Å². The molecular formula is C22H24FN3O3. The van der Waals surface area contributed by atoms with Gasteiger partial charge < -0.3 is 9.80 Å². The van der Waals surface area contributed by atoms with Gasteiger partial charge in [0.05, 0.1) is 10.6 Å². The second-order valence-electron chi connectivity index (χ2n) is 7.09. The molecule has 1 saturated heterocycles. The van der Waals surface area contributed by atoms with E-state index in [0.717, 1.165) is 32.7 Å². The Morgan fingerprint density at radius 2 is 1.90 bits per heavy atom. The topological polar surface area (TPSA) is 66.7 Å². The fourth-order valence-electron chi connectivity index (χ4n) is 3.42. The van der Waals surface area contributed by atoms with Crippen LogP contribution < -0.4 is 4.90 Å². The van der Waals surface area contributed by atoms with E-state index < -0.39 is 10.7 Å². The first-order valence-electron chi connectivity index (χ1n) is 9.63. The molecule has 1 aliphatic heterocycles. The smallest absolute Gasteiger partial charge is 0.272 e. The van der Waals surface area contributed by atoms with Crippen molar-refractivity contribution in [1.82, 2.24) is 4.90 Å². The van der Waals surface area contributed by atoms with Crippen LogP contribution in [-0.2, 0) is 0 Å². The second kappa shape index (κ2) is 8.96. The van der Waals surface area contributed by atoms with Gasteiger partial charge in [-0.15, -0.1) is 0 Å². The molecule has 0 amide bonds. The predicted octanol–water partition coefficient (Wildman–Crippen LogP) is 4.08. The van der Waals surface area contributed by atoms with E-state index in [0.29, 0.717) is 16.8 Å². The number of halogens is 1. The molecule has 29 heavy (non-hydrogen) atoms. The standard InChI is InChI=1S/C22H24FN3O3/c1-3-24-10-12-25(13-11-24)20-8-7-18(15-19(20)23)22(27)9-6-17-5-4-16(2)21(14-17)26(28)29/h4-9,14-15H,3,10-13H2,1-2H3/b9-6+. The summed E-state index contributed by atoms with van der Waals surface area (Å²) in [5, 5.41) is 11.0. The quantitative estimate of drug-likeness (QED) is 0.318. The predicted molar refractivity (Wildman–Crippen MR) is 112 cm³/mol. The molecule has 0 unspecified atom stereocenters. The second-order valence-corrected chi connectivity index (χ2v) is 7.09. The first kappa shape index (κ1) is 20.7. The molecule has 0 atom stereocenters. The van der Waals surface area contributed by atoms with Crippen molar-refractivity contribution in [2.24, 2.45) is 0 Å². The summed E-state index contributed by atoms with van der Waals surface area (Å²) in [6.45, 7) is 8.04. The third-order valence-corrected chi connectivity index (χ3v) is 5.25. The largest absolute Gasteiger partial charge is 0.367 e. The molecule has 152 valence electrons. The molecule has 0 aromatic heterocycles. The maximum absolute atomic E-state index is 14.6. The fourth-order valence-corrected chi connectivity index (χ4v) is 3.42. The number of carbonyl (C=O) groups excluding carboxylic acids is 1. The van der Waals surface area contributed by atoms with Gasteiger partial charge in [-0.05, 0) is 43.3 Å². The lowest BCUT2D eigenvalue weighted by Crippen LogP contribution is -2.46. The maximum atomic E-state index is 14.6. The van der Waals surface area contributed by atoms with Crippen LogP contribution in [0.4, 0.5) is 15.8 Å². The Balaban J connectivity index is 1.72. The number of nitro groups is 1. The van der Waals surface area contributed by atoms with E-state index in [4.69, 9.17) is 0 Å². The Labute approximate surface area is 169 Å². The van der Waals surface area contributed by atoms with Crippen molar-refractivity contribution in [2.45, 2.75) is 13.8 Å². The van der Waals surface area contributed by atoms with E-state index in [-0.39, 0.29) is 17.0 Å². The van der Waals surface area contributed by atoms with E-state index in [1.165, 1.54) is 24.3 Å². The van der Waals surface area contributed by atoms with E-state index in [2.05, 4.69) is 11.8 Å². The Hall–Kier alpha value is -3.06. The summed E-state index contributed by atoms with van der Waals surface area (Å²) in [5.74, 6) is -0.769. The van der Waals surface area contributed by atoms with E-state index in [1.807, 2.05) is 4.90 Å². The van der Waals surface area contributed by atoms with E-state index in [1.54, 1.807) is 31.2 Å². The number of likely N-dealkylation sites (N-methyl/N-ethyl adjacent to an activating group) is 1. The lowest BCUT2D eigenvalue weighted by atomic mass is 10.1. The summed E-state index contributed by atoms with van der Waals surface area (Å²) >= 11 is 0. The van der Waals surface area contributed by atoms with Crippen molar-refractivity contribution < 1.29 is 14.1 Å². The molecule has 0 radical (unpaired) electrons. The third kappa shape index (κ3) is 4.86. The van der Waals surface area contributed by atoms with Gasteiger partial charge in [-0.2, -0.15) is 0 Å². The highest BCUT2D eigenvalue weighted by molar-refractivity contribution is 6.07. The van der Waals surface area contributed by atoms with Crippen LogP contribution in [0.25, 0.3) is 6.08 Å². The molecule has 0 spiro atoms. The Morgan fingerprint density at radius 1 is 1.17 bits per heavy atom. The first-order valence-corrected chi connectivity index (χ1v) is 9.63. The lowest BCUT2D eigenvalue weighted by molar-refractivity contribution is -0.385. The summed E-state index contributed by atoms with van der Waals surface area (Å²) in [6.07, 6.45) is 2.81. The van der Waals surface area contributed by atoms with Crippen molar-refractivity contribution >= 4 is 23.2 Å². The SMILES string of the molecule is CCN1CCN(c2ccc(C(=O)/C=C/c3ccc(C)c([N+](=O)[O-])c3)cc2F)CC1. The number of nitro benzene ring substituents is 1. The van der Waals surface area contributed by atoms with Gasteiger partial charge in [0.2, 0.25) is 0 Å². The number of allylic oxidation sites excluding steroid dienone is 1. The van der Waals surface area contributed by atoms with Crippen molar-refractivity contribution in [3.8, 4) is 0 Å². The number of rotatable bonds is 6. The number of anilines is 1. The minimum atomic E-state index is -0.455. The van der Waals surface area contributed by atoms with Crippen LogP contribution in [0.3, 0.4) is 0 Å². The highest BCUT2D eigenvalue weighted by atomic mass is 19.1. The Kier molecular flexibility index (Phi) is 6.39. The molecule has 7 heteroatoms. The summed E-state index contributed by atoms with van der Waals surface area (Å²) in [6, 6.07) is 9.27. The van der Waals surface area contributed by atoms with Crippen molar-refractivity contribution in [1.29, 1.82) is 0 Å². The molecule has 2 aromatic rings. The Morgan fingerprint density at radius 3 is 2.52 bits per heavy atom. The number of nitrogens with zero attached hydrogens (tertiary/aromatic N) is 3. The molecule has 2 aromatic carbocycles. The molecule has 1 fully saturated rings. The molecular weight excluding hydrogens is 373 g/mol. The van der Waals surface area contributed by atoms with Crippen molar-refractivity contribution in [3.63, 3.8) is 0 Å². The van der Waals surface area contributed by atoms with Crippen LogP contribution in [0.2, 0.25) is 0 Å². The zero-order valence-corrected chi connectivity index (χ0v) is 16.6. The zero-order chi connectivity index (χ0) is 21.0. The summed E-state index contributed by atoms with van der Waals surface area (Å²) < 4.78 is 14.6. The van der Waals surface area contributed by atoms with Gasteiger partial charge in [-0.1, -0.05) is 25.1 Å². The summed E-state index contributed by atoms with van der Waals surface area (Å²) in [5.41, 5.74) is 1.85. The number of benzene rings is 2. The molecule has 1 heterocycles. The maximum Gasteiger partial charge on any atom is 0.272 e. The Bertz CT molecular complexity index is 950. The molecule has 0 saturated carbocycles. The molecule has 0 N–H and O–H groups in total. The van der Waals surface area contributed by atoms with Gasteiger partial charge in [0.1, 0.15) is 5.82 Å². The molecule has 6 nitrogen and oxygen atoms in total. The molecule has 1 aliphatic rings. The summed E-state index contributed by atoms with van der Waals surface area (Å²) in [7, 11) is 0. The molecule has 3 rings (SSSR count). The first-order chi connectivity index (χ1) is 13.9. The summed E-state index contributed by atoms with van der Waals surface area (Å²) in [4.78, 5) is 27.3. The van der Waals surface area contributed by atoms with Crippen LogP contribution in [0.5, 0.6) is 0 Å². The highest BCUT2D eigenvalue weighted by Gasteiger charge is 2.19. The number of hydrogen-bond acceptors (Lipinski definition) is 5. The van der Waals surface area contributed by atoms with Gasteiger partial charge in [-0.3, -0.25) is 14.9 Å². The number of carbonyl (C=O) groups is 1. The normalized spacial score (nSPS) is 15.1. The average molecular weight is 397 g/mol. The molecule has 0 aliphatic carbocycles. The van der Waals surface area contributed by atoms with Crippen LogP contribution in [0.15, 0.2) is 42.5 Å². The van der Waals surface area contributed by atoms with Crippen LogP contribution in [-0.4, -0.2) is 48.3 Å². The molecule has 0 bridgehead atoms. The minimum Gasteiger partial charge on any atom is -0.367 e. The number of piperazine rings is 1. The minimum absolute atomic E-state index is 0.00170. The fraction of sp³-hybridized carbons (Fsp3) is 0.318. The van der Waals surface area contributed by atoms with Crippen LogP contribution in [0, 0.1) is 22.9 Å². The van der Waals surface area contributed by atoms with Crippen LogP contribution in [0.1, 0.15) is 28.4 Å². The zero-order valence-electron chi connectivity index (χ0n) is 16.6. The lowest BCUT2D eigenvalue weighted by Gasteiger charge is -2.35. The van der Waals surface area contributed by atoms with Gasteiger partial charge in [0, 0.05) is 43.4 Å². The third-order valence-electron chi connectivity index (χ3n) is 5.25. The van der Waals surface area contributed by atoms with Gasteiger partial charge in [-0.25, -0.2) is 4.39 Å². The van der Waals surface area contributed by atoms with E-state index in [9.17, 15) is 19.3 Å². The number of hydrogen-bond donors (Lipinski definition) is 0. The highest BCUT2D eigenvalue weighted by Crippen LogP contribution is 2.23. The van der Waals surface area contributed by atoms with Gasteiger partial charge >= 0.3 is 0 Å².